The third kappa shape index (κ3) is 6.32. The van der Waals surface area contributed by atoms with Crippen molar-refractivity contribution in [3.8, 4) is 67.8 Å². The van der Waals surface area contributed by atoms with Gasteiger partial charge in [0.1, 0.15) is 0 Å². The van der Waals surface area contributed by atoms with Crippen LogP contribution in [0.1, 0.15) is 11.1 Å². The van der Waals surface area contributed by atoms with E-state index >= 15 is 0 Å². The first-order valence-electron chi connectivity index (χ1n) is 23.0. The predicted molar refractivity (Wildman–Crippen MR) is 286 cm³/mol. The van der Waals surface area contributed by atoms with Gasteiger partial charge in [-0.2, -0.15) is 10.5 Å². The lowest BCUT2D eigenvalue weighted by atomic mass is 9.80. The molecule has 2 heteroatoms. The SMILES string of the molecule is N#Cc1ccc2cc(-c3c4cc(-c5ccccc5)ccc4c(-c4ccc5cc(C#N)ccc5c4)c4cc5c(cc34)c(-c3ccccc3)c(-c3ccc4ccccc4c3)c3ccccc35)ccc2c1. The van der Waals surface area contributed by atoms with Gasteiger partial charge in [0.05, 0.1) is 23.3 Å². The first-order chi connectivity index (χ1) is 33.6. The van der Waals surface area contributed by atoms with E-state index in [9.17, 15) is 10.5 Å². The van der Waals surface area contributed by atoms with Crippen molar-refractivity contribution in [3.63, 3.8) is 0 Å². The lowest BCUT2D eigenvalue weighted by Gasteiger charge is -2.23. The van der Waals surface area contributed by atoms with Crippen molar-refractivity contribution in [2.45, 2.75) is 0 Å². The zero-order valence-electron chi connectivity index (χ0n) is 36.8. The number of hydrogen-bond acceptors (Lipinski definition) is 2. The summed E-state index contributed by atoms with van der Waals surface area (Å²) >= 11 is 0. The van der Waals surface area contributed by atoms with Crippen LogP contribution in [-0.2, 0) is 0 Å². The molecule has 0 unspecified atom stereocenters. The molecule has 13 rings (SSSR count). The second-order valence-corrected chi connectivity index (χ2v) is 17.8. The summed E-state index contributed by atoms with van der Waals surface area (Å²) in [6, 6.07) is 87.9. The Balaban J connectivity index is 1.24. The molecule has 0 aliphatic carbocycles. The zero-order valence-corrected chi connectivity index (χ0v) is 36.8. The molecule has 0 aliphatic rings. The van der Waals surface area contributed by atoms with Crippen LogP contribution in [0.25, 0.3) is 131 Å². The number of fused-ring (bicyclic) bond motifs is 8. The normalized spacial score (nSPS) is 11.5. The maximum Gasteiger partial charge on any atom is 0.0991 e. The van der Waals surface area contributed by atoms with Crippen molar-refractivity contribution in [2.24, 2.45) is 0 Å². The summed E-state index contributed by atoms with van der Waals surface area (Å²) < 4.78 is 0. The highest BCUT2D eigenvalue weighted by atomic mass is 14.3. The Hall–Kier alpha value is -9.34. The fraction of sp³-hybridized carbons (Fsp3) is 0. The smallest absolute Gasteiger partial charge is 0.0991 e. The molecule has 0 radical (unpaired) electrons. The van der Waals surface area contributed by atoms with Crippen LogP contribution in [0.2, 0.25) is 0 Å². The summed E-state index contributed by atoms with van der Waals surface area (Å²) in [6.07, 6.45) is 0. The Morgan fingerprint density at radius 2 is 0.603 bits per heavy atom. The van der Waals surface area contributed by atoms with Crippen LogP contribution < -0.4 is 0 Å². The average Bonchev–Trinajstić information content (AvgIpc) is 3.41. The highest BCUT2D eigenvalue weighted by molar-refractivity contribution is 6.30. The summed E-state index contributed by atoms with van der Waals surface area (Å²) in [5, 5.41) is 35.6. The standard InChI is InChI=1S/C66H38N2/c67-39-41-19-21-49-34-52(27-24-47(49)31-41)63-57-30-29-51(43-11-3-1-4-12-43)36-59(57)64(53-28-25-48-32-42(40-68)20-22-50(48)35-53)62-38-60-58(37-61(62)63)55-17-9-10-18-56(55)66(65(60)45-14-5-2-6-15-45)54-26-23-44-13-7-8-16-46(44)33-54/h1-38H. The molecule has 0 fully saturated rings. The lowest BCUT2D eigenvalue weighted by molar-refractivity contribution is 1.50. The molecule has 0 atom stereocenters. The number of nitriles is 2. The van der Waals surface area contributed by atoms with Crippen LogP contribution in [0.4, 0.5) is 0 Å². The Bertz CT molecular complexity index is 4320. The van der Waals surface area contributed by atoms with Crippen LogP contribution in [-0.4, -0.2) is 0 Å². The average molecular weight is 859 g/mol. The first-order valence-corrected chi connectivity index (χ1v) is 23.0. The van der Waals surface area contributed by atoms with E-state index in [0.717, 1.165) is 82.0 Å². The minimum absolute atomic E-state index is 0.645. The van der Waals surface area contributed by atoms with E-state index in [1.54, 1.807) is 0 Å². The summed E-state index contributed by atoms with van der Waals surface area (Å²) in [4.78, 5) is 0. The molecule has 0 saturated carbocycles. The molecule has 312 valence electrons. The Morgan fingerprint density at radius 3 is 1.24 bits per heavy atom. The van der Waals surface area contributed by atoms with E-state index in [-0.39, 0.29) is 0 Å². The van der Waals surface area contributed by atoms with Crippen molar-refractivity contribution in [2.75, 3.05) is 0 Å². The molecule has 0 aliphatic heterocycles. The molecular weight excluding hydrogens is 821 g/mol. The van der Waals surface area contributed by atoms with Crippen molar-refractivity contribution in [1.29, 1.82) is 10.5 Å². The van der Waals surface area contributed by atoms with E-state index < -0.39 is 0 Å². The number of nitrogens with zero attached hydrogens (tertiary/aromatic N) is 2. The molecule has 0 aromatic heterocycles. The van der Waals surface area contributed by atoms with Gasteiger partial charge in [-0.1, -0.05) is 170 Å². The van der Waals surface area contributed by atoms with Gasteiger partial charge in [0.2, 0.25) is 0 Å². The molecule has 68 heavy (non-hydrogen) atoms. The molecule has 2 nitrogen and oxygen atoms in total. The van der Waals surface area contributed by atoms with Gasteiger partial charge < -0.3 is 0 Å². The minimum atomic E-state index is 0.645. The van der Waals surface area contributed by atoms with Crippen molar-refractivity contribution in [1.82, 2.24) is 0 Å². The second kappa shape index (κ2) is 15.7. The van der Waals surface area contributed by atoms with Crippen molar-refractivity contribution < 1.29 is 0 Å². The van der Waals surface area contributed by atoms with Gasteiger partial charge in [0.25, 0.3) is 0 Å². The van der Waals surface area contributed by atoms with E-state index in [2.05, 4.69) is 218 Å². The van der Waals surface area contributed by atoms with Crippen LogP contribution in [0.15, 0.2) is 231 Å². The minimum Gasteiger partial charge on any atom is -0.192 e. The van der Waals surface area contributed by atoms with Gasteiger partial charge in [0, 0.05) is 0 Å². The van der Waals surface area contributed by atoms with Gasteiger partial charge in [-0.15, -0.1) is 0 Å². The highest BCUT2D eigenvalue weighted by Crippen LogP contribution is 2.51. The third-order valence-corrected chi connectivity index (χ3v) is 14.0. The molecule has 0 bridgehead atoms. The van der Waals surface area contributed by atoms with E-state index in [1.807, 2.05) is 24.3 Å². The molecule has 0 spiro atoms. The van der Waals surface area contributed by atoms with Gasteiger partial charge in [-0.05, 0) is 192 Å². The number of benzene rings is 13. The van der Waals surface area contributed by atoms with E-state index in [1.165, 1.54) is 49.0 Å². The summed E-state index contributed by atoms with van der Waals surface area (Å²) in [6.45, 7) is 0. The van der Waals surface area contributed by atoms with Gasteiger partial charge in [-0.25, -0.2) is 0 Å². The highest BCUT2D eigenvalue weighted by Gasteiger charge is 2.23. The van der Waals surface area contributed by atoms with Gasteiger partial charge in [0.15, 0.2) is 0 Å². The fourth-order valence-electron chi connectivity index (χ4n) is 10.8. The molecule has 13 aromatic carbocycles. The Morgan fingerprint density at radius 1 is 0.206 bits per heavy atom. The van der Waals surface area contributed by atoms with Crippen LogP contribution in [0.3, 0.4) is 0 Å². The Kier molecular flexibility index (Phi) is 9.01. The third-order valence-electron chi connectivity index (χ3n) is 14.0. The number of rotatable bonds is 5. The summed E-state index contributed by atoms with van der Waals surface area (Å²) in [5.74, 6) is 0. The maximum absolute atomic E-state index is 9.82. The molecule has 13 aromatic rings. The van der Waals surface area contributed by atoms with Crippen LogP contribution in [0, 0.1) is 22.7 Å². The molecular formula is C66H38N2. The first kappa shape index (κ1) is 39.1. The predicted octanol–water partition coefficient (Wildman–Crippen LogP) is 17.8. The van der Waals surface area contributed by atoms with Crippen molar-refractivity contribution in [3.05, 3.63) is 242 Å². The molecule has 0 heterocycles. The van der Waals surface area contributed by atoms with E-state index in [0.29, 0.717) is 11.1 Å². The van der Waals surface area contributed by atoms with Gasteiger partial charge >= 0.3 is 0 Å². The quantitative estimate of drug-likeness (QED) is 0.128. The monoisotopic (exact) mass is 858 g/mol. The lowest BCUT2D eigenvalue weighted by Crippen LogP contribution is -1.95. The summed E-state index contributed by atoms with van der Waals surface area (Å²) in [7, 11) is 0. The summed E-state index contributed by atoms with van der Waals surface area (Å²) in [5.41, 5.74) is 12.9. The van der Waals surface area contributed by atoms with Gasteiger partial charge in [-0.3, -0.25) is 0 Å². The molecule has 0 N–H and O–H groups in total. The topological polar surface area (TPSA) is 47.6 Å². The maximum atomic E-state index is 9.82. The van der Waals surface area contributed by atoms with Crippen LogP contribution in [0.5, 0.6) is 0 Å². The van der Waals surface area contributed by atoms with E-state index in [4.69, 9.17) is 0 Å². The fourth-order valence-corrected chi connectivity index (χ4v) is 10.8. The Labute approximate surface area is 393 Å². The molecule has 0 saturated heterocycles. The van der Waals surface area contributed by atoms with Crippen LogP contribution >= 0.6 is 0 Å². The van der Waals surface area contributed by atoms with Crippen molar-refractivity contribution >= 4 is 75.4 Å². The molecule has 0 amide bonds. The zero-order chi connectivity index (χ0) is 45.3. The second-order valence-electron chi connectivity index (χ2n) is 17.8. The largest absolute Gasteiger partial charge is 0.192 e. The number of hydrogen-bond donors (Lipinski definition) is 0.